The lowest BCUT2D eigenvalue weighted by atomic mass is 9.58. The molecule has 0 saturated carbocycles. The molecule has 5 heteroatoms. The number of allylic oxidation sites excluding steroid dienone is 2. The summed E-state index contributed by atoms with van der Waals surface area (Å²) in [6.45, 7) is 7.82. The van der Waals surface area contributed by atoms with Crippen molar-refractivity contribution in [2.24, 2.45) is 10.8 Å². The average molecular weight is 460 g/mol. The second-order valence-electron chi connectivity index (χ2n) is 9.66. The SMILES string of the molecule is CC1(C)C(c2ccc(C=O)cc2)=CC[C@]2(C)CN(C(=O)c3ccccc3C=O)CC=C12.COC. The quantitative estimate of drug-likeness (QED) is 0.449. The van der Waals surface area contributed by atoms with Crippen LogP contribution in [-0.2, 0) is 4.74 Å². The fourth-order valence-electron chi connectivity index (χ4n) is 5.27. The third-order valence-corrected chi connectivity index (χ3v) is 6.77. The Kier molecular flexibility index (Phi) is 7.68. The number of nitrogens with zero attached hydrogens (tertiary/aromatic N) is 1. The molecule has 0 radical (unpaired) electrons. The Balaban J connectivity index is 0.00000103. The number of carbonyl (C=O) groups is 3. The molecule has 0 aromatic heterocycles. The first kappa shape index (κ1) is 25.3. The molecular formula is C29H33NO4. The highest BCUT2D eigenvalue weighted by atomic mass is 16.4. The molecule has 34 heavy (non-hydrogen) atoms. The van der Waals surface area contributed by atoms with Crippen LogP contribution in [0.25, 0.3) is 5.57 Å². The van der Waals surface area contributed by atoms with Crippen LogP contribution in [0.3, 0.4) is 0 Å². The van der Waals surface area contributed by atoms with E-state index in [1.807, 2.05) is 29.2 Å². The standard InChI is InChI=1S/C27H27NO3.C2H6O/c1-26(2)23(20-10-8-19(16-29)9-11-20)12-14-27(3)18-28(15-13-24(26)27)25(31)22-7-5-4-6-21(22)17-30;1-3-2/h4-13,16-17H,14-15,18H2,1-3H3;1-2H3/t27-;/m1./s1. The zero-order valence-electron chi connectivity index (χ0n) is 20.6. The van der Waals surface area contributed by atoms with E-state index in [0.717, 1.165) is 24.6 Å². The smallest absolute Gasteiger partial charge is 0.254 e. The first-order valence-electron chi connectivity index (χ1n) is 11.4. The van der Waals surface area contributed by atoms with E-state index in [4.69, 9.17) is 0 Å². The van der Waals surface area contributed by atoms with Gasteiger partial charge in [0.25, 0.3) is 5.91 Å². The van der Waals surface area contributed by atoms with Crippen molar-refractivity contribution < 1.29 is 19.1 Å². The molecule has 1 aliphatic carbocycles. The number of hydrogen-bond donors (Lipinski definition) is 0. The summed E-state index contributed by atoms with van der Waals surface area (Å²) in [5.41, 5.74) is 4.91. The van der Waals surface area contributed by atoms with Gasteiger partial charge in [-0.05, 0) is 23.6 Å². The number of aldehydes is 2. The van der Waals surface area contributed by atoms with Gasteiger partial charge in [-0.1, -0.05) is 81.0 Å². The Bertz CT molecular complexity index is 1130. The average Bonchev–Trinajstić information content (AvgIpc) is 2.83. The molecule has 0 unspecified atom stereocenters. The third-order valence-electron chi connectivity index (χ3n) is 6.77. The predicted octanol–water partition coefficient (Wildman–Crippen LogP) is 5.48. The molecule has 0 fully saturated rings. The van der Waals surface area contributed by atoms with Crippen molar-refractivity contribution >= 4 is 24.1 Å². The van der Waals surface area contributed by atoms with Crippen LogP contribution < -0.4 is 0 Å². The van der Waals surface area contributed by atoms with Crippen LogP contribution in [0.1, 0.15) is 63.8 Å². The van der Waals surface area contributed by atoms with Crippen LogP contribution in [0.4, 0.5) is 0 Å². The number of rotatable bonds is 4. The fourth-order valence-corrected chi connectivity index (χ4v) is 5.27. The third kappa shape index (κ3) is 4.80. The Morgan fingerprint density at radius 1 is 0.941 bits per heavy atom. The van der Waals surface area contributed by atoms with Crippen LogP contribution in [0.5, 0.6) is 0 Å². The van der Waals surface area contributed by atoms with Crippen molar-refractivity contribution in [3.63, 3.8) is 0 Å². The summed E-state index contributed by atoms with van der Waals surface area (Å²) in [5, 5.41) is 0. The largest absolute Gasteiger partial charge is 0.388 e. The summed E-state index contributed by atoms with van der Waals surface area (Å²) >= 11 is 0. The van der Waals surface area contributed by atoms with Crippen LogP contribution in [-0.4, -0.2) is 50.7 Å². The van der Waals surface area contributed by atoms with Gasteiger partial charge in [-0.3, -0.25) is 14.4 Å². The minimum atomic E-state index is -0.189. The normalized spacial score (nSPS) is 20.7. The first-order valence-corrected chi connectivity index (χ1v) is 11.4. The zero-order chi connectivity index (χ0) is 24.9. The number of carbonyl (C=O) groups excluding carboxylic acids is 3. The molecule has 2 aromatic rings. The van der Waals surface area contributed by atoms with Gasteiger partial charge in [-0.15, -0.1) is 0 Å². The maximum atomic E-state index is 13.2. The van der Waals surface area contributed by atoms with Crippen LogP contribution >= 0.6 is 0 Å². The minimum absolute atomic E-state index is 0.101. The lowest BCUT2D eigenvalue weighted by Crippen LogP contribution is -2.48. The van der Waals surface area contributed by atoms with Crippen LogP contribution in [0, 0.1) is 10.8 Å². The van der Waals surface area contributed by atoms with Gasteiger partial charge in [0, 0.05) is 49.3 Å². The molecule has 0 spiro atoms. The molecular weight excluding hydrogens is 426 g/mol. The van der Waals surface area contributed by atoms with Gasteiger partial charge in [-0.2, -0.15) is 0 Å². The lowest BCUT2D eigenvalue weighted by molar-refractivity contribution is 0.0680. The highest BCUT2D eigenvalue weighted by Gasteiger charge is 2.46. The number of fused-ring (bicyclic) bond motifs is 1. The molecule has 0 bridgehead atoms. The van der Waals surface area contributed by atoms with E-state index in [0.29, 0.717) is 29.8 Å². The van der Waals surface area contributed by atoms with Gasteiger partial charge in [0.2, 0.25) is 0 Å². The summed E-state index contributed by atoms with van der Waals surface area (Å²) in [5.74, 6) is -0.101. The van der Waals surface area contributed by atoms with Gasteiger partial charge in [0.15, 0.2) is 6.29 Å². The molecule has 1 atom stereocenters. The van der Waals surface area contributed by atoms with Crippen molar-refractivity contribution in [2.75, 3.05) is 27.3 Å². The Morgan fingerprint density at radius 2 is 1.59 bits per heavy atom. The first-order chi connectivity index (χ1) is 16.2. The molecule has 1 amide bonds. The van der Waals surface area contributed by atoms with E-state index in [1.54, 1.807) is 38.5 Å². The number of benzene rings is 2. The lowest BCUT2D eigenvalue weighted by Gasteiger charge is -2.50. The summed E-state index contributed by atoms with van der Waals surface area (Å²) in [6.07, 6.45) is 6.90. The number of methoxy groups -OCH3 is 1. The molecule has 178 valence electrons. The van der Waals surface area contributed by atoms with Gasteiger partial charge in [-0.25, -0.2) is 0 Å². The van der Waals surface area contributed by atoms with Crippen molar-refractivity contribution in [3.05, 3.63) is 88.5 Å². The van der Waals surface area contributed by atoms with E-state index in [9.17, 15) is 14.4 Å². The molecule has 4 rings (SSSR count). The summed E-state index contributed by atoms with van der Waals surface area (Å²) in [7, 11) is 3.25. The van der Waals surface area contributed by atoms with Crippen LogP contribution in [0.2, 0.25) is 0 Å². The van der Waals surface area contributed by atoms with Gasteiger partial charge in [0.1, 0.15) is 6.29 Å². The maximum Gasteiger partial charge on any atom is 0.254 e. The summed E-state index contributed by atoms with van der Waals surface area (Å²) in [4.78, 5) is 37.4. The maximum absolute atomic E-state index is 13.2. The van der Waals surface area contributed by atoms with Gasteiger partial charge in [0.05, 0.1) is 5.56 Å². The van der Waals surface area contributed by atoms with Crippen molar-refractivity contribution in [1.82, 2.24) is 4.90 Å². The molecule has 1 heterocycles. The second kappa shape index (κ2) is 10.3. The van der Waals surface area contributed by atoms with Gasteiger partial charge >= 0.3 is 0 Å². The monoisotopic (exact) mass is 459 g/mol. The molecule has 5 nitrogen and oxygen atoms in total. The Morgan fingerprint density at radius 3 is 2.21 bits per heavy atom. The van der Waals surface area contributed by atoms with Crippen LogP contribution in [0.15, 0.2) is 66.3 Å². The second-order valence-corrected chi connectivity index (χ2v) is 9.66. The zero-order valence-corrected chi connectivity index (χ0v) is 20.6. The summed E-state index contributed by atoms with van der Waals surface area (Å²) < 4.78 is 4.25. The molecule has 0 saturated heterocycles. The number of hydrogen-bond acceptors (Lipinski definition) is 4. The van der Waals surface area contributed by atoms with E-state index in [1.165, 1.54) is 11.1 Å². The van der Waals surface area contributed by atoms with E-state index in [2.05, 4.69) is 37.7 Å². The van der Waals surface area contributed by atoms with Gasteiger partial charge < -0.3 is 9.64 Å². The fraction of sp³-hybridized carbons (Fsp3) is 0.345. The minimum Gasteiger partial charge on any atom is -0.388 e. The predicted molar refractivity (Wildman–Crippen MR) is 135 cm³/mol. The van der Waals surface area contributed by atoms with Crippen molar-refractivity contribution in [3.8, 4) is 0 Å². The highest BCUT2D eigenvalue weighted by molar-refractivity contribution is 6.01. The number of ether oxygens (including phenoxy) is 1. The van der Waals surface area contributed by atoms with Crippen molar-refractivity contribution in [1.29, 1.82) is 0 Å². The summed E-state index contributed by atoms with van der Waals surface area (Å²) in [6, 6.07) is 14.7. The molecule has 2 aromatic carbocycles. The van der Waals surface area contributed by atoms with E-state index in [-0.39, 0.29) is 16.7 Å². The topological polar surface area (TPSA) is 63.7 Å². The molecule has 0 N–H and O–H groups in total. The van der Waals surface area contributed by atoms with E-state index >= 15 is 0 Å². The Hall–Kier alpha value is -3.31. The molecule has 1 aliphatic heterocycles. The van der Waals surface area contributed by atoms with E-state index < -0.39 is 0 Å². The highest BCUT2D eigenvalue weighted by Crippen LogP contribution is 2.55. The number of amides is 1. The Labute approximate surface area is 202 Å². The molecule has 2 aliphatic rings. The van der Waals surface area contributed by atoms with Crippen molar-refractivity contribution in [2.45, 2.75) is 27.2 Å².